The molecule has 0 atom stereocenters. The van der Waals surface area contributed by atoms with Crippen LogP contribution in [0.1, 0.15) is 51.3 Å². The van der Waals surface area contributed by atoms with E-state index in [0.29, 0.717) is 25.2 Å². The number of fused-ring (bicyclic) bond motifs is 1. The molecule has 1 aliphatic rings. The number of alkyl halides is 3. The van der Waals surface area contributed by atoms with Crippen LogP contribution in [0.3, 0.4) is 0 Å². The van der Waals surface area contributed by atoms with Crippen molar-refractivity contribution in [1.29, 1.82) is 0 Å². The lowest BCUT2D eigenvalue weighted by atomic mass is 9.99. The maximum Gasteiger partial charge on any atom is 0.421 e. The lowest BCUT2D eigenvalue weighted by Gasteiger charge is -2.31. The molecule has 0 spiro atoms. The Bertz CT molecular complexity index is 987. The van der Waals surface area contributed by atoms with E-state index in [4.69, 9.17) is 4.74 Å². The zero-order chi connectivity index (χ0) is 23.7. The smallest absolute Gasteiger partial charge is 0.421 e. The lowest BCUT2D eigenvalue weighted by Crippen LogP contribution is -2.39. The summed E-state index contributed by atoms with van der Waals surface area (Å²) in [6.45, 7) is 9.90. The molecule has 0 bridgehead atoms. The summed E-state index contributed by atoms with van der Waals surface area (Å²) in [6, 6.07) is 5.34. The van der Waals surface area contributed by atoms with Crippen LogP contribution in [-0.2, 0) is 23.9 Å². The van der Waals surface area contributed by atoms with Gasteiger partial charge in [-0.3, -0.25) is 0 Å². The molecule has 1 amide bonds. The Morgan fingerprint density at radius 3 is 2.53 bits per heavy atom. The normalized spacial score (nSPS) is 14.2. The van der Waals surface area contributed by atoms with Gasteiger partial charge in [-0.05, 0) is 64.3 Å². The summed E-state index contributed by atoms with van der Waals surface area (Å²) in [4.78, 5) is 21.9. The molecule has 1 aromatic heterocycles. The fourth-order valence-electron chi connectivity index (χ4n) is 3.28. The zero-order valence-corrected chi connectivity index (χ0v) is 18.8. The summed E-state index contributed by atoms with van der Waals surface area (Å²) < 4.78 is 45.2. The molecule has 3 rings (SSSR count). The highest BCUT2D eigenvalue weighted by Crippen LogP contribution is 2.34. The Morgan fingerprint density at radius 2 is 1.91 bits per heavy atom. The molecule has 2 aromatic rings. The van der Waals surface area contributed by atoms with Crippen LogP contribution in [0.5, 0.6) is 0 Å². The largest absolute Gasteiger partial charge is 0.444 e. The number of carbonyl (C=O) groups is 1. The highest BCUT2D eigenvalue weighted by atomic mass is 19.4. The van der Waals surface area contributed by atoms with Gasteiger partial charge in [-0.25, -0.2) is 9.78 Å². The van der Waals surface area contributed by atoms with Gasteiger partial charge in [0.25, 0.3) is 0 Å². The molecule has 0 radical (unpaired) electrons. The number of aromatic nitrogens is 2. The van der Waals surface area contributed by atoms with Crippen LogP contribution < -0.4 is 10.6 Å². The van der Waals surface area contributed by atoms with Crippen LogP contribution in [0.15, 0.2) is 24.4 Å². The Kier molecular flexibility index (Phi) is 6.52. The first-order chi connectivity index (χ1) is 14.8. The fraction of sp³-hybridized carbons (Fsp3) is 0.500. The van der Waals surface area contributed by atoms with Gasteiger partial charge in [0.15, 0.2) is 0 Å². The molecule has 174 valence electrons. The number of nitrogens with one attached hydrogen (secondary N) is 2. The molecular weight excluding hydrogens is 423 g/mol. The second kappa shape index (κ2) is 8.84. The third kappa shape index (κ3) is 6.02. The molecule has 0 saturated heterocycles. The molecule has 10 heteroatoms. The number of hydrogen-bond acceptors (Lipinski definition) is 6. The Hall–Kier alpha value is -3.04. The Labute approximate surface area is 185 Å². The second-order valence-electron chi connectivity index (χ2n) is 9.01. The van der Waals surface area contributed by atoms with Crippen molar-refractivity contribution in [2.75, 3.05) is 17.2 Å². The number of carbonyl (C=O) groups excluding carboxylic acids is 1. The quantitative estimate of drug-likeness (QED) is 0.652. The van der Waals surface area contributed by atoms with E-state index in [1.165, 1.54) is 0 Å². The van der Waals surface area contributed by atoms with E-state index in [9.17, 15) is 18.0 Å². The van der Waals surface area contributed by atoms with Crippen molar-refractivity contribution in [3.05, 3.63) is 41.1 Å². The minimum absolute atomic E-state index is 0.0623. The summed E-state index contributed by atoms with van der Waals surface area (Å²) in [7, 11) is 0. The first-order valence-corrected chi connectivity index (χ1v) is 10.4. The van der Waals surface area contributed by atoms with Gasteiger partial charge in [-0.2, -0.15) is 18.2 Å². The lowest BCUT2D eigenvalue weighted by molar-refractivity contribution is -0.137. The number of anilines is 3. The zero-order valence-electron chi connectivity index (χ0n) is 18.8. The predicted octanol–water partition coefficient (Wildman–Crippen LogP) is 5.35. The molecule has 1 aliphatic heterocycles. The summed E-state index contributed by atoms with van der Waals surface area (Å²) in [6.07, 6.45) is -3.50. The average molecular weight is 451 g/mol. The fourth-order valence-corrected chi connectivity index (χ4v) is 3.28. The molecule has 0 unspecified atom stereocenters. The molecule has 0 saturated carbocycles. The summed E-state index contributed by atoms with van der Waals surface area (Å²) >= 11 is 0. The maximum absolute atomic E-state index is 13.2. The topological polar surface area (TPSA) is 79.4 Å². The standard InChI is InChI=1S/C22H28F3N5O2/c1-13(2)27-18-17(22(23,24)25)11-26-19(29-18)28-16-7-6-15-12-30(9-8-14(15)10-16)20(31)32-21(3,4)5/h6-7,10-11,13H,8-9,12H2,1-5H3,(H2,26,27,28,29). The van der Waals surface area contributed by atoms with E-state index in [2.05, 4.69) is 20.6 Å². The van der Waals surface area contributed by atoms with E-state index < -0.39 is 17.3 Å². The van der Waals surface area contributed by atoms with Crippen molar-refractivity contribution in [2.45, 2.75) is 65.4 Å². The number of amides is 1. The minimum atomic E-state index is -4.55. The summed E-state index contributed by atoms with van der Waals surface area (Å²) in [5.41, 5.74) is 1.22. The van der Waals surface area contributed by atoms with E-state index >= 15 is 0 Å². The predicted molar refractivity (Wildman–Crippen MR) is 116 cm³/mol. The third-order valence-electron chi connectivity index (χ3n) is 4.65. The number of halogens is 3. The van der Waals surface area contributed by atoms with Crippen LogP contribution in [0.4, 0.5) is 35.4 Å². The van der Waals surface area contributed by atoms with Crippen molar-refractivity contribution >= 4 is 23.5 Å². The van der Waals surface area contributed by atoms with Crippen molar-refractivity contribution in [3.8, 4) is 0 Å². The summed E-state index contributed by atoms with van der Waals surface area (Å²) in [5.74, 6) is -0.205. The number of rotatable bonds is 4. The van der Waals surface area contributed by atoms with Crippen LogP contribution in [0, 0.1) is 0 Å². The number of ether oxygens (including phenoxy) is 1. The van der Waals surface area contributed by atoms with Crippen molar-refractivity contribution in [1.82, 2.24) is 14.9 Å². The molecule has 0 aliphatic carbocycles. The van der Waals surface area contributed by atoms with Crippen LogP contribution in [-0.4, -0.2) is 39.1 Å². The van der Waals surface area contributed by atoms with Crippen LogP contribution >= 0.6 is 0 Å². The molecular formula is C22H28F3N5O2. The van der Waals surface area contributed by atoms with Gasteiger partial charge < -0.3 is 20.3 Å². The highest BCUT2D eigenvalue weighted by molar-refractivity contribution is 5.69. The first kappa shape index (κ1) is 23.6. The minimum Gasteiger partial charge on any atom is -0.444 e. The van der Waals surface area contributed by atoms with Gasteiger partial charge in [0.05, 0.1) is 0 Å². The van der Waals surface area contributed by atoms with Gasteiger partial charge in [-0.15, -0.1) is 0 Å². The number of hydrogen-bond donors (Lipinski definition) is 2. The molecule has 7 nitrogen and oxygen atoms in total. The van der Waals surface area contributed by atoms with Gasteiger partial charge >= 0.3 is 12.3 Å². The van der Waals surface area contributed by atoms with E-state index in [-0.39, 0.29) is 23.9 Å². The Balaban J connectivity index is 1.76. The monoisotopic (exact) mass is 451 g/mol. The van der Waals surface area contributed by atoms with Crippen molar-refractivity contribution in [2.24, 2.45) is 0 Å². The highest BCUT2D eigenvalue weighted by Gasteiger charge is 2.35. The van der Waals surface area contributed by atoms with Crippen LogP contribution in [0.2, 0.25) is 0 Å². The third-order valence-corrected chi connectivity index (χ3v) is 4.65. The average Bonchev–Trinajstić information content (AvgIpc) is 2.65. The number of benzene rings is 1. The first-order valence-electron chi connectivity index (χ1n) is 10.4. The molecule has 32 heavy (non-hydrogen) atoms. The molecule has 2 heterocycles. The molecule has 0 fully saturated rings. The van der Waals surface area contributed by atoms with Crippen molar-refractivity contribution in [3.63, 3.8) is 0 Å². The second-order valence-corrected chi connectivity index (χ2v) is 9.01. The maximum atomic E-state index is 13.2. The van der Waals surface area contributed by atoms with Crippen LogP contribution in [0.25, 0.3) is 0 Å². The molecule has 1 aromatic carbocycles. The van der Waals surface area contributed by atoms with E-state index in [0.717, 1.165) is 17.3 Å². The van der Waals surface area contributed by atoms with E-state index in [1.54, 1.807) is 24.8 Å². The SMILES string of the molecule is CC(C)Nc1nc(Nc2ccc3c(c2)CCN(C(=O)OC(C)(C)C)C3)ncc1C(F)(F)F. The molecule has 2 N–H and O–H groups in total. The summed E-state index contributed by atoms with van der Waals surface area (Å²) in [5, 5.41) is 5.70. The van der Waals surface area contributed by atoms with E-state index in [1.807, 2.05) is 32.9 Å². The van der Waals surface area contributed by atoms with Gasteiger partial charge in [-0.1, -0.05) is 6.07 Å². The van der Waals surface area contributed by atoms with Crippen molar-refractivity contribution < 1.29 is 22.7 Å². The number of nitrogens with zero attached hydrogens (tertiary/aromatic N) is 3. The van der Waals surface area contributed by atoms with Gasteiger partial charge in [0.2, 0.25) is 5.95 Å². The van der Waals surface area contributed by atoms with Gasteiger partial charge in [0, 0.05) is 31.0 Å². The Morgan fingerprint density at radius 1 is 1.19 bits per heavy atom. The van der Waals surface area contributed by atoms with Gasteiger partial charge in [0.1, 0.15) is 17.0 Å².